The molecule has 0 fully saturated rings. The summed E-state index contributed by atoms with van der Waals surface area (Å²) in [5, 5.41) is 0. The van der Waals surface area contributed by atoms with Crippen molar-refractivity contribution in [2.45, 2.75) is 60.8 Å². The lowest BCUT2D eigenvalue weighted by Gasteiger charge is -2.33. The maximum Gasteiger partial charge on any atom is 0.0727 e. The molecule has 2 nitrogen and oxygen atoms in total. The van der Waals surface area contributed by atoms with Gasteiger partial charge in [-0.05, 0) is 241 Å². The van der Waals surface area contributed by atoms with Gasteiger partial charge in [0, 0.05) is 73.1 Å². The van der Waals surface area contributed by atoms with E-state index < -0.39 is 5.41 Å². The van der Waals surface area contributed by atoms with E-state index in [2.05, 4.69) is 271 Å². The van der Waals surface area contributed by atoms with Crippen LogP contribution in [-0.4, -0.2) is 0 Å². The molecule has 1 spiro atoms. The van der Waals surface area contributed by atoms with E-state index in [-0.39, 0.29) is 0 Å². The van der Waals surface area contributed by atoms with Crippen LogP contribution in [0.4, 0.5) is 34.1 Å². The molecule has 79 heavy (non-hydrogen) atoms. The number of rotatable bonds is 10. The first kappa shape index (κ1) is 49.5. The quantitative estimate of drug-likeness (QED) is 0.135. The average molecular weight is 1090 g/mol. The molecule has 0 unspecified atom stereocenters. The fourth-order valence-corrected chi connectivity index (χ4v) is 17.2. The summed E-state index contributed by atoms with van der Waals surface area (Å²) in [5.74, 6) is 0. The van der Waals surface area contributed by atoms with Gasteiger partial charge in [0.25, 0.3) is 0 Å². The summed E-state index contributed by atoms with van der Waals surface area (Å²) < 4.78 is 0. The first-order valence-corrected chi connectivity index (χ1v) is 30.5. The molecule has 0 atom stereocenters. The predicted molar refractivity (Wildman–Crippen MR) is 343 cm³/mol. The van der Waals surface area contributed by atoms with Crippen LogP contribution in [0.2, 0.25) is 0 Å². The smallest absolute Gasteiger partial charge is 0.0727 e. The van der Waals surface area contributed by atoms with E-state index in [1.165, 1.54) is 128 Å². The van der Waals surface area contributed by atoms with E-state index in [1.54, 1.807) is 0 Å². The van der Waals surface area contributed by atoms with Crippen molar-refractivity contribution in [3.63, 3.8) is 0 Å². The molecule has 2 aliphatic carbocycles. The van der Waals surface area contributed by atoms with Crippen LogP contribution in [0, 0.1) is 55.4 Å². The Bertz CT molecular complexity index is 3870. The molecular formula is C73H58N2S4. The third kappa shape index (κ3) is 8.14. The second-order valence-electron chi connectivity index (χ2n) is 21.6. The Morgan fingerprint density at radius 3 is 0.772 bits per heavy atom. The number of nitrogens with zero attached hydrogens (tertiary/aromatic N) is 2. The zero-order valence-corrected chi connectivity index (χ0v) is 48.9. The Kier molecular flexibility index (Phi) is 12.0. The van der Waals surface area contributed by atoms with Crippen LogP contribution in [0.1, 0.15) is 64.0 Å². The summed E-state index contributed by atoms with van der Waals surface area (Å²) >= 11 is 7.48. The van der Waals surface area contributed by atoms with Crippen molar-refractivity contribution in [2.24, 2.45) is 0 Å². The van der Waals surface area contributed by atoms with Gasteiger partial charge >= 0.3 is 0 Å². The third-order valence-corrected chi connectivity index (χ3v) is 21.1. The van der Waals surface area contributed by atoms with Gasteiger partial charge in [-0.3, -0.25) is 0 Å². The van der Waals surface area contributed by atoms with Gasteiger partial charge in [-0.2, -0.15) is 0 Å². The molecule has 12 aromatic rings. The number of thiophene rings is 4. The standard InChI is InChI=1S/C73H58N2S4/c1-43-37-47(5)76-69(43)51-17-25-55(26-18-51)74(56-27-19-52(20-28-56)70-44(2)38-48(6)77-70)59-33-35-63-64-36-34-60(42-68(64)73(67(63)41-59)65-15-11-9-13-61(65)62-14-10-12-16-66(62)73)75(57-29-21-53(22-30-57)71-45(3)39-49(7)78-71)58-31-23-54(24-32-58)72-46(4)40-50(8)79-72/h9-42H,1-8H3. The molecule has 14 rings (SSSR count). The summed E-state index contributed by atoms with van der Waals surface area (Å²) in [6.07, 6.45) is 0. The van der Waals surface area contributed by atoms with Gasteiger partial charge in [0.15, 0.2) is 0 Å². The average Bonchev–Trinajstić information content (AvgIpc) is 3.55. The van der Waals surface area contributed by atoms with Gasteiger partial charge in [-0.15, -0.1) is 45.3 Å². The summed E-state index contributed by atoms with van der Waals surface area (Å²) in [6, 6.07) is 79.1. The molecule has 0 saturated heterocycles. The van der Waals surface area contributed by atoms with Gasteiger partial charge in [-0.1, -0.05) is 109 Å². The largest absolute Gasteiger partial charge is 0.310 e. The second-order valence-corrected chi connectivity index (χ2v) is 26.7. The van der Waals surface area contributed by atoms with E-state index in [4.69, 9.17) is 0 Å². The normalized spacial score (nSPS) is 12.7. The number of fused-ring (bicyclic) bond motifs is 10. The fourth-order valence-electron chi connectivity index (χ4n) is 13.0. The number of hydrogen-bond donors (Lipinski definition) is 0. The summed E-state index contributed by atoms with van der Waals surface area (Å²) in [5.41, 5.74) is 26.7. The van der Waals surface area contributed by atoms with Crippen LogP contribution in [-0.2, 0) is 5.41 Å². The topological polar surface area (TPSA) is 6.48 Å². The number of aryl methyl sites for hydroxylation is 8. The minimum Gasteiger partial charge on any atom is -0.310 e. The van der Waals surface area contributed by atoms with Crippen molar-refractivity contribution in [1.29, 1.82) is 0 Å². The maximum absolute atomic E-state index is 2.52. The highest BCUT2D eigenvalue weighted by atomic mass is 32.1. The molecular weight excluding hydrogens is 1030 g/mol. The van der Waals surface area contributed by atoms with E-state index in [0.717, 1.165) is 34.1 Å². The molecule has 384 valence electrons. The monoisotopic (exact) mass is 1090 g/mol. The second kappa shape index (κ2) is 19.2. The summed E-state index contributed by atoms with van der Waals surface area (Å²) in [7, 11) is 0. The molecule has 0 N–H and O–H groups in total. The lowest BCUT2D eigenvalue weighted by atomic mass is 9.70. The number of hydrogen-bond acceptors (Lipinski definition) is 6. The maximum atomic E-state index is 2.52. The van der Waals surface area contributed by atoms with E-state index in [9.17, 15) is 0 Å². The van der Waals surface area contributed by atoms with Gasteiger partial charge in [0.1, 0.15) is 0 Å². The van der Waals surface area contributed by atoms with Crippen molar-refractivity contribution >= 4 is 79.5 Å². The molecule has 0 amide bonds. The highest BCUT2D eigenvalue weighted by Gasteiger charge is 2.52. The van der Waals surface area contributed by atoms with Crippen LogP contribution >= 0.6 is 45.3 Å². The number of benzene rings is 8. The lowest BCUT2D eigenvalue weighted by Crippen LogP contribution is -2.26. The van der Waals surface area contributed by atoms with Crippen LogP contribution in [0.25, 0.3) is 64.0 Å². The van der Waals surface area contributed by atoms with Crippen molar-refractivity contribution in [3.05, 3.63) is 270 Å². The van der Waals surface area contributed by atoms with Crippen LogP contribution < -0.4 is 9.80 Å². The number of anilines is 6. The van der Waals surface area contributed by atoms with Crippen molar-refractivity contribution < 1.29 is 0 Å². The molecule has 0 bridgehead atoms. The molecule has 0 radical (unpaired) electrons. The molecule has 4 heterocycles. The van der Waals surface area contributed by atoms with Gasteiger partial charge in [0.2, 0.25) is 0 Å². The Morgan fingerprint density at radius 1 is 0.253 bits per heavy atom. The van der Waals surface area contributed by atoms with Crippen LogP contribution in [0.15, 0.2) is 206 Å². The third-order valence-electron chi connectivity index (χ3n) is 16.3. The van der Waals surface area contributed by atoms with Gasteiger partial charge in [0.05, 0.1) is 5.41 Å². The van der Waals surface area contributed by atoms with Gasteiger partial charge in [-0.25, -0.2) is 0 Å². The summed E-state index contributed by atoms with van der Waals surface area (Å²) in [4.78, 5) is 15.6. The highest BCUT2D eigenvalue weighted by molar-refractivity contribution is 7.16. The molecule has 2 aliphatic rings. The van der Waals surface area contributed by atoms with Crippen LogP contribution in [0.5, 0.6) is 0 Å². The Hall–Kier alpha value is -7.84. The molecule has 8 aromatic carbocycles. The minimum absolute atomic E-state index is 0.602. The van der Waals surface area contributed by atoms with Crippen molar-refractivity contribution in [1.82, 2.24) is 0 Å². The molecule has 0 aliphatic heterocycles. The minimum atomic E-state index is -0.602. The first-order chi connectivity index (χ1) is 38.4. The fraction of sp³-hybridized carbons (Fsp3) is 0.123. The van der Waals surface area contributed by atoms with E-state index >= 15 is 0 Å². The lowest BCUT2D eigenvalue weighted by molar-refractivity contribution is 0.793. The van der Waals surface area contributed by atoms with E-state index in [1.807, 2.05) is 45.3 Å². The first-order valence-electron chi connectivity index (χ1n) is 27.2. The van der Waals surface area contributed by atoms with Crippen molar-refractivity contribution in [3.8, 4) is 64.0 Å². The Labute approximate surface area is 480 Å². The van der Waals surface area contributed by atoms with E-state index in [0.29, 0.717) is 0 Å². The van der Waals surface area contributed by atoms with Gasteiger partial charge < -0.3 is 9.80 Å². The SMILES string of the molecule is Cc1cc(C)c(-c2ccc(N(c3ccc(-c4sc(C)cc4C)cc3)c3ccc4c(c3)C3(c5ccccc5-c5ccccc53)c3cc(N(c5ccc(-c6sc(C)cc6C)cc5)c5ccc(-c6sc(C)cc6C)cc5)ccc3-4)cc2)s1. The Balaban J connectivity index is 0.957. The zero-order valence-electron chi connectivity index (χ0n) is 45.7. The molecule has 4 aromatic heterocycles. The predicted octanol–water partition coefficient (Wildman–Crippen LogP) is 22.4. The highest BCUT2D eigenvalue weighted by Crippen LogP contribution is 2.64. The van der Waals surface area contributed by atoms with Crippen LogP contribution in [0.3, 0.4) is 0 Å². The molecule has 0 saturated carbocycles. The summed E-state index contributed by atoms with van der Waals surface area (Å²) in [6.45, 7) is 17.7. The molecule has 6 heteroatoms. The zero-order chi connectivity index (χ0) is 53.8. The van der Waals surface area contributed by atoms with Crippen molar-refractivity contribution in [2.75, 3.05) is 9.80 Å². The Morgan fingerprint density at radius 2 is 0.506 bits per heavy atom.